The molecule has 0 aliphatic heterocycles. The average Bonchev–Trinajstić information content (AvgIpc) is 2.43. The van der Waals surface area contributed by atoms with E-state index >= 15 is 0 Å². The van der Waals surface area contributed by atoms with Gasteiger partial charge < -0.3 is 0 Å². The summed E-state index contributed by atoms with van der Waals surface area (Å²) in [5, 5.41) is 0. The number of hydrogen-bond donors (Lipinski definition) is 0. The minimum absolute atomic E-state index is 0.803. The van der Waals surface area contributed by atoms with Crippen molar-refractivity contribution in [2.45, 2.75) is 92.4 Å². The van der Waals surface area contributed by atoms with E-state index in [9.17, 15) is 4.79 Å². The molecule has 0 aromatic rings. The van der Waals surface area contributed by atoms with Gasteiger partial charge in [0.25, 0.3) is 0 Å². The molecule has 0 aliphatic rings. The van der Waals surface area contributed by atoms with E-state index < -0.39 is 0 Å². The maximum Gasteiger partial charge on any atom is 0.145 e. The minimum atomic E-state index is 0.803. The standard InChI is InChI=1S/C20H38O/c1-6-20(16-21)15-9-14-19(5)13-8-12-18(4)11-7-10-17(2)3/h6,16-19H,7-15H2,1-5H3. The third-order valence-electron chi connectivity index (χ3n) is 4.56. The zero-order chi connectivity index (χ0) is 16.1. The Labute approximate surface area is 133 Å². The first kappa shape index (κ1) is 20.4. The third kappa shape index (κ3) is 12.8. The molecule has 1 heteroatoms. The van der Waals surface area contributed by atoms with E-state index in [1.54, 1.807) is 0 Å². The molecule has 0 radical (unpaired) electrons. The van der Waals surface area contributed by atoms with E-state index in [1.165, 1.54) is 44.9 Å². The first-order valence-electron chi connectivity index (χ1n) is 9.09. The van der Waals surface area contributed by atoms with Crippen LogP contribution in [0.1, 0.15) is 92.4 Å². The van der Waals surface area contributed by atoms with Gasteiger partial charge >= 0.3 is 0 Å². The maximum absolute atomic E-state index is 10.7. The van der Waals surface area contributed by atoms with Crippen molar-refractivity contribution in [3.05, 3.63) is 11.6 Å². The highest BCUT2D eigenvalue weighted by Gasteiger charge is 2.06. The van der Waals surface area contributed by atoms with Crippen LogP contribution in [0.2, 0.25) is 0 Å². The van der Waals surface area contributed by atoms with Crippen molar-refractivity contribution in [1.82, 2.24) is 0 Å². The van der Waals surface area contributed by atoms with Crippen molar-refractivity contribution in [2.24, 2.45) is 17.8 Å². The Morgan fingerprint density at radius 3 is 1.71 bits per heavy atom. The maximum atomic E-state index is 10.7. The number of rotatable bonds is 13. The summed E-state index contributed by atoms with van der Waals surface area (Å²) in [6.07, 6.45) is 14.6. The van der Waals surface area contributed by atoms with Crippen molar-refractivity contribution in [3.63, 3.8) is 0 Å². The highest BCUT2D eigenvalue weighted by atomic mass is 16.1. The van der Waals surface area contributed by atoms with Crippen LogP contribution in [0.3, 0.4) is 0 Å². The predicted molar refractivity (Wildman–Crippen MR) is 94.5 cm³/mol. The molecule has 0 saturated heterocycles. The molecule has 0 amide bonds. The van der Waals surface area contributed by atoms with E-state index in [0.29, 0.717) is 0 Å². The smallest absolute Gasteiger partial charge is 0.145 e. The van der Waals surface area contributed by atoms with E-state index in [2.05, 4.69) is 27.7 Å². The second-order valence-corrected chi connectivity index (χ2v) is 7.34. The van der Waals surface area contributed by atoms with E-state index in [4.69, 9.17) is 0 Å². The molecule has 21 heavy (non-hydrogen) atoms. The molecule has 2 unspecified atom stereocenters. The largest absolute Gasteiger partial charge is 0.298 e. The fourth-order valence-electron chi connectivity index (χ4n) is 2.90. The summed E-state index contributed by atoms with van der Waals surface area (Å²) in [5.74, 6) is 2.55. The quantitative estimate of drug-likeness (QED) is 0.277. The van der Waals surface area contributed by atoms with Gasteiger partial charge in [-0.05, 0) is 43.1 Å². The molecule has 0 aliphatic carbocycles. The Balaban J connectivity index is 3.56. The molecular formula is C20H38O. The molecule has 0 aromatic carbocycles. The summed E-state index contributed by atoms with van der Waals surface area (Å²) in [4.78, 5) is 10.7. The van der Waals surface area contributed by atoms with E-state index in [0.717, 1.165) is 42.5 Å². The second kappa shape index (κ2) is 13.1. The van der Waals surface area contributed by atoms with Gasteiger partial charge in [-0.1, -0.05) is 78.7 Å². The van der Waals surface area contributed by atoms with Crippen molar-refractivity contribution in [1.29, 1.82) is 0 Å². The van der Waals surface area contributed by atoms with E-state index in [-0.39, 0.29) is 0 Å². The van der Waals surface area contributed by atoms with Crippen molar-refractivity contribution >= 4 is 6.29 Å². The second-order valence-electron chi connectivity index (χ2n) is 7.34. The predicted octanol–water partition coefficient (Wildman–Crippen LogP) is 6.57. The van der Waals surface area contributed by atoms with Crippen LogP contribution < -0.4 is 0 Å². The Hall–Kier alpha value is -0.590. The zero-order valence-electron chi connectivity index (χ0n) is 15.2. The number of allylic oxidation sites excluding steroid dienone is 2. The Morgan fingerprint density at radius 2 is 1.29 bits per heavy atom. The first-order chi connectivity index (χ1) is 9.99. The lowest BCUT2D eigenvalue weighted by Gasteiger charge is -2.15. The van der Waals surface area contributed by atoms with Crippen LogP contribution in [0.5, 0.6) is 0 Å². The van der Waals surface area contributed by atoms with Gasteiger partial charge in [0, 0.05) is 0 Å². The van der Waals surface area contributed by atoms with Gasteiger partial charge in [-0.15, -0.1) is 0 Å². The molecule has 0 fully saturated rings. The molecule has 0 N–H and O–H groups in total. The lowest BCUT2D eigenvalue weighted by Crippen LogP contribution is -2.00. The van der Waals surface area contributed by atoms with Gasteiger partial charge in [-0.25, -0.2) is 0 Å². The molecule has 0 bridgehead atoms. The van der Waals surface area contributed by atoms with Gasteiger partial charge in [0.05, 0.1) is 0 Å². The molecule has 1 nitrogen and oxygen atoms in total. The number of aldehydes is 1. The molecular weight excluding hydrogens is 256 g/mol. The first-order valence-corrected chi connectivity index (χ1v) is 9.09. The molecule has 0 aromatic heterocycles. The van der Waals surface area contributed by atoms with Crippen LogP contribution >= 0.6 is 0 Å². The van der Waals surface area contributed by atoms with Crippen LogP contribution in [-0.4, -0.2) is 6.29 Å². The summed E-state index contributed by atoms with van der Waals surface area (Å²) >= 11 is 0. The summed E-state index contributed by atoms with van der Waals surface area (Å²) in [7, 11) is 0. The molecule has 0 rings (SSSR count). The Kier molecular flexibility index (Phi) is 12.7. The highest BCUT2D eigenvalue weighted by molar-refractivity contribution is 5.72. The summed E-state index contributed by atoms with van der Waals surface area (Å²) in [5.41, 5.74) is 0.959. The van der Waals surface area contributed by atoms with Gasteiger partial charge in [-0.3, -0.25) is 4.79 Å². The van der Waals surface area contributed by atoms with Crippen molar-refractivity contribution in [2.75, 3.05) is 0 Å². The van der Waals surface area contributed by atoms with Crippen LogP contribution in [-0.2, 0) is 4.79 Å². The fourth-order valence-corrected chi connectivity index (χ4v) is 2.90. The highest BCUT2D eigenvalue weighted by Crippen LogP contribution is 2.21. The number of hydrogen-bond acceptors (Lipinski definition) is 1. The summed E-state index contributed by atoms with van der Waals surface area (Å²) in [6, 6.07) is 0. The minimum Gasteiger partial charge on any atom is -0.298 e. The molecule has 124 valence electrons. The monoisotopic (exact) mass is 294 g/mol. The summed E-state index contributed by atoms with van der Waals surface area (Å²) < 4.78 is 0. The Bertz CT molecular complexity index is 278. The van der Waals surface area contributed by atoms with Crippen LogP contribution in [0.15, 0.2) is 11.6 Å². The van der Waals surface area contributed by atoms with Crippen LogP contribution in [0.4, 0.5) is 0 Å². The van der Waals surface area contributed by atoms with Gasteiger partial charge in [-0.2, -0.15) is 0 Å². The van der Waals surface area contributed by atoms with Crippen LogP contribution in [0.25, 0.3) is 0 Å². The SMILES string of the molecule is CC=C(C=O)CCCC(C)CCCC(C)CCCC(C)C. The van der Waals surface area contributed by atoms with Crippen molar-refractivity contribution < 1.29 is 4.79 Å². The fraction of sp³-hybridized carbons (Fsp3) is 0.850. The van der Waals surface area contributed by atoms with Gasteiger partial charge in [0.15, 0.2) is 0 Å². The molecule has 0 saturated carbocycles. The normalized spacial score (nSPS) is 15.2. The lowest BCUT2D eigenvalue weighted by molar-refractivity contribution is -0.105. The molecule has 2 atom stereocenters. The topological polar surface area (TPSA) is 17.1 Å². The van der Waals surface area contributed by atoms with Gasteiger partial charge in [0.2, 0.25) is 0 Å². The van der Waals surface area contributed by atoms with E-state index in [1.807, 2.05) is 13.0 Å². The third-order valence-corrected chi connectivity index (χ3v) is 4.56. The zero-order valence-corrected chi connectivity index (χ0v) is 15.2. The van der Waals surface area contributed by atoms with Crippen LogP contribution in [0, 0.1) is 17.8 Å². The molecule has 0 heterocycles. The Morgan fingerprint density at radius 1 is 0.810 bits per heavy atom. The molecule has 0 spiro atoms. The van der Waals surface area contributed by atoms with Gasteiger partial charge in [0.1, 0.15) is 6.29 Å². The van der Waals surface area contributed by atoms with Crippen molar-refractivity contribution in [3.8, 4) is 0 Å². The lowest BCUT2D eigenvalue weighted by atomic mass is 9.91. The number of carbonyl (C=O) groups excluding carboxylic acids is 1. The average molecular weight is 295 g/mol. The number of carbonyl (C=O) groups is 1. The summed E-state index contributed by atoms with van der Waals surface area (Å²) in [6.45, 7) is 11.4.